The van der Waals surface area contributed by atoms with Crippen LogP contribution in [0.2, 0.25) is 0 Å². The molecule has 6 N–H and O–H groups in total. The van der Waals surface area contributed by atoms with Crippen LogP contribution >= 0.6 is 0 Å². The van der Waals surface area contributed by atoms with E-state index in [1.54, 1.807) is 7.11 Å². The lowest BCUT2D eigenvalue weighted by Gasteiger charge is -2.37. The molecule has 2 saturated heterocycles. The predicted molar refractivity (Wildman–Crippen MR) is 312 cm³/mol. The second kappa shape index (κ2) is 22.4. The summed E-state index contributed by atoms with van der Waals surface area (Å²) >= 11 is 0. The minimum atomic E-state index is -1.13. The molecule has 17 nitrogen and oxygen atoms in total. The molecule has 0 radical (unpaired) electrons. The van der Waals surface area contributed by atoms with Gasteiger partial charge in [-0.3, -0.25) is 9.59 Å². The van der Waals surface area contributed by atoms with Crippen molar-refractivity contribution in [2.45, 2.75) is 183 Å². The number of hydrogen-bond donors (Lipinski definition) is 5. The minimum absolute atomic E-state index is 0.00307. The van der Waals surface area contributed by atoms with Crippen molar-refractivity contribution in [3.8, 4) is 22.3 Å². The summed E-state index contributed by atoms with van der Waals surface area (Å²) in [6, 6.07) is 21.0. The monoisotopic (exact) mass is 1110 g/mol. The second-order valence-electron chi connectivity index (χ2n) is 24.8. The summed E-state index contributed by atoms with van der Waals surface area (Å²) in [7, 11) is 5.58. The Kier molecular flexibility index (Phi) is 14.9. The van der Waals surface area contributed by atoms with Gasteiger partial charge in [0.15, 0.2) is 6.04 Å². The van der Waals surface area contributed by atoms with Crippen LogP contribution in [0.1, 0.15) is 166 Å². The normalized spacial score (nSPS) is 24.8. The number of carbonyl (C=O) groups is 4. The van der Waals surface area contributed by atoms with Crippen LogP contribution in [0.25, 0.3) is 44.3 Å². The quantitative estimate of drug-likeness (QED) is 0.0646. The summed E-state index contributed by atoms with van der Waals surface area (Å²) in [5, 5.41) is 5.47. The first kappa shape index (κ1) is 54.4. The van der Waals surface area contributed by atoms with E-state index < -0.39 is 36.6 Å². The largest absolute Gasteiger partial charge is 0.453 e. The molecule has 2 aromatic heterocycles. The Hall–Kier alpha value is -6.82. The standard InChI is InChI=1S/C65H79N9O8/c1-34(79-2)57(71-64(77)81-4)62(75)73-53-12-8-6-10-41(53)28-55(73)60-67-49-30-45(39-22-23-39)47(32-51(49)69-60)43-26-35-14-18-37(43)19-15-36-17-21-38(20-16-35)44(27-36)48-33-52-50(31-46(48)40-24-25-40)68-61(70-52)56-29-42-11-7-9-13-54(42)74(56)63(76)58(59(66)80-3)72-65(78)82-5/h14,17-18,21,26-27,30-34,39-42,53-59H,6-13,15-16,19-20,22-25,28-29,66H2,1-5H3,(H,67,69)(H,68,70)(H,71,77)(H,72,78)/t34-,41+,42+,53+,54+,55+,56+,57+,58+,59+/m1/s1. The van der Waals surface area contributed by atoms with Gasteiger partial charge in [0.05, 0.1) is 54.5 Å². The van der Waals surface area contributed by atoms with Gasteiger partial charge in [0.25, 0.3) is 0 Å². The number of aromatic amines is 2. The molecule has 17 heteroatoms. The smallest absolute Gasteiger partial charge is 0.407 e. The number of ether oxygens (including phenoxy) is 4. The maximum absolute atomic E-state index is 14.8. The second-order valence-corrected chi connectivity index (χ2v) is 24.8. The van der Waals surface area contributed by atoms with Crippen LogP contribution in [0, 0.1) is 11.8 Å². The van der Waals surface area contributed by atoms with Gasteiger partial charge in [-0.2, -0.15) is 0 Å². The molecule has 4 heterocycles. The first-order chi connectivity index (χ1) is 39.9. The first-order valence-electron chi connectivity index (χ1n) is 30.4. The molecular weight excluding hydrogens is 1030 g/mol. The zero-order valence-electron chi connectivity index (χ0n) is 48.1. The van der Waals surface area contributed by atoms with Crippen molar-refractivity contribution in [2.24, 2.45) is 17.6 Å². The van der Waals surface area contributed by atoms with E-state index in [1.165, 1.54) is 77.0 Å². The van der Waals surface area contributed by atoms with E-state index in [4.69, 9.17) is 34.6 Å². The van der Waals surface area contributed by atoms with Gasteiger partial charge >= 0.3 is 12.2 Å². The molecule has 2 aliphatic heterocycles. The maximum atomic E-state index is 14.8. The highest BCUT2D eigenvalue weighted by Gasteiger charge is 2.51. The third-order valence-corrected chi connectivity index (χ3v) is 19.9. The van der Waals surface area contributed by atoms with E-state index in [9.17, 15) is 19.2 Å². The number of likely N-dealkylation sites (tertiary alicyclic amines) is 2. The molecule has 16 rings (SSSR count). The summed E-state index contributed by atoms with van der Waals surface area (Å²) in [6.45, 7) is 1.81. The average Bonchev–Trinajstić information content (AvgIpc) is 4.04. The van der Waals surface area contributed by atoms with Crippen LogP contribution in [-0.2, 0) is 54.2 Å². The van der Waals surface area contributed by atoms with Crippen molar-refractivity contribution < 1.29 is 38.1 Å². The van der Waals surface area contributed by atoms with E-state index in [-0.39, 0.29) is 36.0 Å². The Bertz CT molecular complexity index is 3210. The van der Waals surface area contributed by atoms with Gasteiger partial charge in [0, 0.05) is 26.3 Å². The lowest BCUT2D eigenvalue weighted by Crippen LogP contribution is -2.59. The number of rotatable bonds is 14. The summed E-state index contributed by atoms with van der Waals surface area (Å²) in [5.74, 6) is 2.70. The lowest BCUT2D eigenvalue weighted by atomic mass is 9.84. The van der Waals surface area contributed by atoms with Gasteiger partial charge in [-0.05, 0) is 200 Å². The van der Waals surface area contributed by atoms with Crippen molar-refractivity contribution in [1.82, 2.24) is 40.4 Å². The Labute approximate surface area is 479 Å². The number of hydrogen-bond acceptors (Lipinski definition) is 11. The van der Waals surface area contributed by atoms with Crippen molar-refractivity contribution in [3.05, 3.63) is 106 Å². The SMILES string of the molecule is COC(=O)N[C@H](C(=O)N1[C@H](c2nc3cc(-c4cc5ccc4CCc4ccc(c(-c6cc7nc([C@@H]8C[C@@H]9CCCC[C@@H]9N8C(=O)[C@@H](NC(=O)OC)[C@@H](N)OC)[nH]c7cc6C6CC6)c4)CC5)c(C4CC4)cc3[nH]2)C[C@@H]2CCCC[C@@H]21)[C@@H](C)OC. The van der Waals surface area contributed by atoms with E-state index in [0.717, 1.165) is 149 Å². The highest BCUT2D eigenvalue weighted by molar-refractivity contribution is 5.90. The Morgan fingerprint density at radius 2 is 1.01 bits per heavy atom. The molecule has 4 bridgehead atoms. The molecule has 4 aromatic carbocycles. The Balaban J connectivity index is 0.812. The van der Waals surface area contributed by atoms with Crippen LogP contribution in [0.5, 0.6) is 0 Å². The number of aryl methyl sites for hydroxylation is 4. The van der Waals surface area contributed by atoms with Gasteiger partial charge < -0.3 is 55.1 Å². The fourth-order valence-corrected chi connectivity index (χ4v) is 15.2. The lowest BCUT2D eigenvalue weighted by molar-refractivity contribution is -0.141. The molecule has 432 valence electrons. The molecule has 8 aliphatic carbocycles. The van der Waals surface area contributed by atoms with Crippen LogP contribution < -0.4 is 16.4 Å². The molecule has 4 amide bonds. The van der Waals surface area contributed by atoms with Crippen molar-refractivity contribution >= 4 is 46.1 Å². The van der Waals surface area contributed by atoms with Gasteiger partial charge in [0.1, 0.15) is 23.9 Å². The Morgan fingerprint density at radius 3 is 1.45 bits per heavy atom. The fraction of sp³-hybridized carbons (Fsp3) is 0.538. The number of benzene rings is 4. The van der Waals surface area contributed by atoms with E-state index in [2.05, 4.69) is 81.3 Å². The number of nitrogens with one attached hydrogen (secondary N) is 4. The summed E-state index contributed by atoms with van der Waals surface area (Å²) in [6.07, 6.45) is 14.9. The molecule has 10 aliphatic rings. The number of carbonyl (C=O) groups excluding carboxylic acids is 4. The summed E-state index contributed by atoms with van der Waals surface area (Å²) in [5.41, 5.74) is 23.1. The zero-order chi connectivity index (χ0) is 56.5. The molecule has 4 saturated carbocycles. The fourth-order valence-electron chi connectivity index (χ4n) is 15.2. The molecule has 6 aromatic rings. The van der Waals surface area contributed by atoms with Gasteiger partial charge in [-0.1, -0.05) is 62.1 Å². The number of aromatic nitrogens is 4. The highest BCUT2D eigenvalue weighted by atomic mass is 16.5. The van der Waals surface area contributed by atoms with Crippen LogP contribution in [-0.4, -0.2) is 119 Å². The van der Waals surface area contributed by atoms with Crippen molar-refractivity contribution in [1.29, 1.82) is 0 Å². The molecule has 82 heavy (non-hydrogen) atoms. The minimum Gasteiger partial charge on any atom is -0.453 e. The van der Waals surface area contributed by atoms with Gasteiger partial charge in [0.2, 0.25) is 11.8 Å². The third-order valence-electron chi connectivity index (χ3n) is 19.9. The zero-order valence-corrected chi connectivity index (χ0v) is 48.1. The number of nitrogens with zero attached hydrogens (tertiary/aromatic N) is 4. The summed E-state index contributed by atoms with van der Waals surface area (Å²) in [4.78, 5) is 76.8. The maximum Gasteiger partial charge on any atom is 0.407 e. The number of methoxy groups -OCH3 is 4. The molecular formula is C65H79N9O8. The topological polar surface area (TPSA) is 219 Å². The number of fused-ring (bicyclic) bond motifs is 4. The van der Waals surface area contributed by atoms with Crippen molar-refractivity contribution in [2.75, 3.05) is 28.4 Å². The van der Waals surface area contributed by atoms with Crippen LogP contribution in [0.3, 0.4) is 0 Å². The van der Waals surface area contributed by atoms with Gasteiger partial charge in [-0.25, -0.2) is 19.6 Å². The van der Waals surface area contributed by atoms with Crippen molar-refractivity contribution in [3.63, 3.8) is 0 Å². The average molecular weight is 1110 g/mol. The summed E-state index contributed by atoms with van der Waals surface area (Å²) < 4.78 is 21.0. The number of alkyl carbamates (subject to hydrolysis) is 2. The molecule has 10 atom stereocenters. The van der Waals surface area contributed by atoms with Crippen LogP contribution in [0.15, 0.2) is 60.7 Å². The molecule has 0 spiro atoms. The molecule has 6 fully saturated rings. The first-order valence-corrected chi connectivity index (χ1v) is 30.4. The van der Waals surface area contributed by atoms with Gasteiger partial charge in [-0.15, -0.1) is 0 Å². The number of H-pyrrole nitrogens is 2. The number of amides is 4. The number of nitrogens with two attached hydrogens (primary N) is 1. The number of imidazole rings is 2. The van der Waals surface area contributed by atoms with E-state index in [1.807, 2.05) is 16.7 Å². The molecule has 0 unspecified atom stereocenters. The predicted octanol–water partition coefficient (Wildman–Crippen LogP) is 10.5. The van der Waals surface area contributed by atoms with E-state index >= 15 is 0 Å². The Morgan fingerprint density at radius 1 is 0.561 bits per heavy atom. The highest BCUT2D eigenvalue weighted by Crippen LogP contribution is 2.52. The van der Waals surface area contributed by atoms with E-state index in [0.29, 0.717) is 23.7 Å². The van der Waals surface area contributed by atoms with Crippen LogP contribution in [0.4, 0.5) is 9.59 Å². The third kappa shape index (κ3) is 10.2.